The van der Waals surface area contributed by atoms with E-state index < -0.39 is 17.8 Å². The summed E-state index contributed by atoms with van der Waals surface area (Å²) in [5, 5.41) is 5.70. The van der Waals surface area contributed by atoms with Crippen molar-refractivity contribution < 1.29 is 27.2 Å². The molecular formula is C12H9F3N2O3. The number of ether oxygens (including phenoxy) is 1. The van der Waals surface area contributed by atoms with E-state index in [1.807, 2.05) is 0 Å². The van der Waals surface area contributed by atoms with Crippen LogP contribution in [-0.2, 0) is 6.18 Å². The Morgan fingerprint density at radius 1 is 1.30 bits per heavy atom. The molecule has 0 fully saturated rings. The summed E-state index contributed by atoms with van der Waals surface area (Å²) in [4.78, 5) is 11.5. The molecular weight excluding hydrogens is 277 g/mol. The summed E-state index contributed by atoms with van der Waals surface area (Å²) in [6, 6.07) is 3.98. The number of amides is 1. The average Bonchev–Trinajstić information content (AvgIpc) is 2.74. The first-order valence-electron chi connectivity index (χ1n) is 5.43. The molecule has 0 aliphatic carbocycles. The van der Waals surface area contributed by atoms with Gasteiger partial charge in [-0.25, -0.2) is 4.79 Å². The minimum Gasteiger partial charge on any atom is -0.405 e. The van der Waals surface area contributed by atoms with E-state index >= 15 is 0 Å². The molecule has 1 aromatic heterocycles. The van der Waals surface area contributed by atoms with Gasteiger partial charge in [0.15, 0.2) is 11.5 Å². The number of carbonyl (C=O) groups excluding carboxylic acids is 1. The Kier molecular flexibility index (Phi) is 3.64. The van der Waals surface area contributed by atoms with Crippen LogP contribution in [0.3, 0.4) is 0 Å². The first kappa shape index (κ1) is 13.9. The van der Waals surface area contributed by atoms with E-state index in [2.05, 4.69) is 15.0 Å². The van der Waals surface area contributed by atoms with Crippen molar-refractivity contribution in [2.45, 2.75) is 13.1 Å². The quantitative estimate of drug-likeness (QED) is 0.915. The topological polar surface area (TPSA) is 64.4 Å². The molecule has 0 aliphatic rings. The molecule has 0 atom stereocenters. The van der Waals surface area contributed by atoms with Crippen LogP contribution in [0.15, 0.2) is 35.0 Å². The van der Waals surface area contributed by atoms with Gasteiger partial charge in [0.2, 0.25) is 0 Å². The second kappa shape index (κ2) is 5.24. The summed E-state index contributed by atoms with van der Waals surface area (Å²) in [5.41, 5.74) is -0.622. The summed E-state index contributed by atoms with van der Waals surface area (Å²) in [6.07, 6.45) is -4.06. The van der Waals surface area contributed by atoms with Gasteiger partial charge in [-0.05, 0) is 24.3 Å². The van der Waals surface area contributed by atoms with Crippen molar-refractivity contribution in [3.63, 3.8) is 0 Å². The average molecular weight is 286 g/mol. The summed E-state index contributed by atoms with van der Waals surface area (Å²) < 4.78 is 46.6. The maximum absolute atomic E-state index is 12.3. The molecule has 1 aromatic carbocycles. The highest BCUT2D eigenvalue weighted by Crippen LogP contribution is 2.29. The number of hydrogen-bond acceptors (Lipinski definition) is 4. The number of aryl methyl sites for hydroxylation is 1. The predicted octanol–water partition coefficient (Wildman–Crippen LogP) is 3.61. The standard InChI is InChI=1S/C12H9F3N2O3/c1-7-10(6-16-20-7)19-11(18)17-9-4-2-8(3-5-9)12(13,14)15/h2-6H,1H3,(H,17,18). The molecule has 0 unspecified atom stereocenters. The maximum Gasteiger partial charge on any atom is 0.417 e. The Labute approximate surface area is 111 Å². The fourth-order valence-corrected chi connectivity index (χ4v) is 1.37. The van der Waals surface area contributed by atoms with Crippen LogP contribution >= 0.6 is 0 Å². The molecule has 1 amide bonds. The van der Waals surface area contributed by atoms with Gasteiger partial charge < -0.3 is 9.26 Å². The van der Waals surface area contributed by atoms with Crippen LogP contribution in [0, 0.1) is 6.92 Å². The largest absolute Gasteiger partial charge is 0.417 e. The number of benzene rings is 1. The third-order valence-corrected chi connectivity index (χ3v) is 2.37. The Morgan fingerprint density at radius 2 is 1.95 bits per heavy atom. The van der Waals surface area contributed by atoms with E-state index in [9.17, 15) is 18.0 Å². The summed E-state index contributed by atoms with van der Waals surface area (Å²) in [7, 11) is 0. The van der Waals surface area contributed by atoms with Crippen LogP contribution in [0.1, 0.15) is 11.3 Å². The van der Waals surface area contributed by atoms with Crippen LogP contribution in [0.25, 0.3) is 0 Å². The van der Waals surface area contributed by atoms with Gasteiger partial charge in [0.1, 0.15) is 6.20 Å². The SMILES string of the molecule is Cc1oncc1OC(=O)Nc1ccc(C(F)(F)F)cc1. The molecule has 8 heteroatoms. The van der Waals surface area contributed by atoms with Gasteiger partial charge in [-0.1, -0.05) is 5.16 Å². The number of carbonyl (C=O) groups is 1. The molecule has 5 nitrogen and oxygen atoms in total. The van der Waals surface area contributed by atoms with Crippen LogP contribution in [-0.4, -0.2) is 11.2 Å². The highest BCUT2D eigenvalue weighted by Gasteiger charge is 2.30. The van der Waals surface area contributed by atoms with E-state index in [1.54, 1.807) is 6.92 Å². The van der Waals surface area contributed by atoms with Crippen molar-refractivity contribution in [3.05, 3.63) is 41.8 Å². The fraction of sp³-hybridized carbons (Fsp3) is 0.167. The number of nitrogens with one attached hydrogen (secondary N) is 1. The number of nitrogens with zero attached hydrogens (tertiary/aromatic N) is 1. The van der Waals surface area contributed by atoms with Gasteiger partial charge in [-0.2, -0.15) is 13.2 Å². The van der Waals surface area contributed by atoms with E-state index in [0.29, 0.717) is 5.76 Å². The molecule has 0 saturated carbocycles. The Balaban J connectivity index is 2.00. The summed E-state index contributed by atoms with van der Waals surface area (Å²) in [5.74, 6) is 0.446. The molecule has 0 spiro atoms. The second-order valence-electron chi connectivity index (χ2n) is 3.84. The highest BCUT2D eigenvalue weighted by molar-refractivity contribution is 5.86. The van der Waals surface area contributed by atoms with E-state index in [0.717, 1.165) is 24.3 Å². The third kappa shape index (κ3) is 3.28. The van der Waals surface area contributed by atoms with Gasteiger partial charge in [-0.15, -0.1) is 0 Å². The third-order valence-electron chi connectivity index (χ3n) is 2.37. The molecule has 1 heterocycles. The zero-order valence-corrected chi connectivity index (χ0v) is 10.2. The molecule has 106 valence electrons. The fourth-order valence-electron chi connectivity index (χ4n) is 1.37. The van der Waals surface area contributed by atoms with Crippen molar-refractivity contribution in [3.8, 4) is 5.75 Å². The van der Waals surface area contributed by atoms with Crippen molar-refractivity contribution in [2.24, 2.45) is 0 Å². The zero-order valence-electron chi connectivity index (χ0n) is 10.2. The van der Waals surface area contributed by atoms with Gasteiger partial charge >= 0.3 is 12.3 Å². The molecule has 20 heavy (non-hydrogen) atoms. The lowest BCUT2D eigenvalue weighted by Crippen LogP contribution is -2.17. The number of alkyl halides is 3. The summed E-state index contributed by atoms with van der Waals surface area (Å²) >= 11 is 0. The van der Waals surface area contributed by atoms with Crippen molar-refractivity contribution in [2.75, 3.05) is 5.32 Å². The normalized spacial score (nSPS) is 11.2. The molecule has 0 radical (unpaired) electrons. The van der Waals surface area contributed by atoms with Crippen molar-refractivity contribution in [1.82, 2.24) is 5.16 Å². The minimum absolute atomic E-state index is 0.134. The lowest BCUT2D eigenvalue weighted by atomic mass is 10.2. The summed E-state index contributed by atoms with van der Waals surface area (Å²) in [6.45, 7) is 1.55. The molecule has 2 rings (SSSR count). The number of aromatic nitrogens is 1. The molecule has 0 bridgehead atoms. The Morgan fingerprint density at radius 3 is 2.45 bits per heavy atom. The van der Waals surface area contributed by atoms with Gasteiger partial charge in [0.25, 0.3) is 0 Å². The zero-order chi connectivity index (χ0) is 14.8. The van der Waals surface area contributed by atoms with Crippen LogP contribution in [0.4, 0.5) is 23.7 Å². The molecule has 2 aromatic rings. The van der Waals surface area contributed by atoms with Crippen molar-refractivity contribution >= 4 is 11.8 Å². The maximum atomic E-state index is 12.3. The molecule has 0 saturated heterocycles. The van der Waals surface area contributed by atoms with E-state index in [-0.39, 0.29) is 11.4 Å². The first-order chi connectivity index (χ1) is 9.36. The van der Waals surface area contributed by atoms with Crippen LogP contribution in [0.5, 0.6) is 5.75 Å². The van der Waals surface area contributed by atoms with Crippen molar-refractivity contribution in [1.29, 1.82) is 0 Å². The van der Waals surface area contributed by atoms with Gasteiger partial charge in [0, 0.05) is 12.6 Å². The number of rotatable bonds is 2. The van der Waals surface area contributed by atoms with Gasteiger partial charge in [-0.3, -0.25) is 5.32 Å². The van der Waals surface area contributed by atoms with E-state index in [1.165, 1.54) is 6.20 Å². The molecule has 1 N–H and O–H groups in total. The van der Waals surface area contributed by atoms with Gasteiger partial charge in [0.05, 0.1) is 5.56 Å². The second-order valence-corrected chi connectivity index (χ2v) is 3.84. The monoisotopic (exact) mass is 286 g/mol. The number of anilines is 1. The predicted molar refractivity (Wildman–Crippen MR) is 62.3 cm³/mol. The first-order valence-corrected chi connectivity index (χ1v) is 5.43. The lowest BCUT2D eigenvalue weighted by molar-refractivity contribution is -0.137. The Hall–Kier alpha value is -2.51. The molecule has 0 aliphatic heterocycles. The number of halogens is 3. The highest BCUT2D eigenvalue weighted by atomic mass is 19.4. The lowest BCUT2D eigenvalue weighted by Gasteiger charge is -2.08. The smallest absolute Gasteiger partial charge is 0.405 e. The van der Waals surface area contributed by atoms with Crippen LogP contribution in [0.2, 0.25) is 0 Å². The minimum atomic E-state index is -4.42. The Bertz CT molecular complexity index is 605. The number of hydrogen-bond donors (Lipinski definition) is 1. The van der Waals surface area contributed by atoms with E-state index in [4.69, 9.17) is 4.74 Å². The van der Waals surface area contributed by atoms with Crippen LogP contribution < -0.4 is 10.1 Å².